The van der Waals surface area contributed by atoms with Crippen LogP contribution in [0.15, 0.2) is 58.2 Å². The Morgan fingerprint density at radius 3 is 2.83 bits per heavy atom. The Morgan fingerprint density at radius 1 is 1.26 bits per heavy atom. The number of carbonyl (C=O) groups excluding carboxylic acids is 1. The summed E-state index contributed by atoms with van der Waals surface area (Å²) in [5, 5.41) is 6.92. The van der Waals surface area contributed by atoms with E-state index in [1.165, 1.54) is 5.70 Å². The topological polar surface area (TPSA) is 79.5 Å². The van der Waals surface area contributed by atoms with Crippen molar-refractivity contribution in [3.8, 4) is 5.75 Å². The lowest BCUT2D eigenvalue weighted by molar-refractivity contribution is -0.681. The molecule has 0 bridgehead atoms. The summed E-state index contributed by atoms with van der Waals surface area (Å²) in [5.41, 5.74) is 4.80. The number of amidine groups is 2. The van der Waals surface area contributed by atoms with Gasteiger partial charge in [0.25, 0.3) is 11.7 Å². The molecule has 2 aromatic rings. The molecule has 0 aromatic heterocycles. The molecule has 0 saturated carbocycles. The lowest BCUT2D eigenvalue weighted by Crippen LogP contribution is -3.10. The zero-order valence-corrected chi connectivity index (χ0v) is 21.5. The van der Waals surface area contributed by atoms with Crippen molar-refractivity contribution < 1.29 is 14.4 Å². The summed E-state index contributed by atoms with van der Waals surface area (Å²) in [6, 6.07) is 11.5. The quantitative estimate of drug-likeness (QED) is 0.502. The minimum Gasteiger partial charge on any atom is -0.494 e. The summed E-state index contributed by atoms with van der Waals surface area (Å²) in [5.74, 6) is 2.36. The minimum absolute atomic E-state index is 0.154. The minimum atomic E-state index is -0.154. The van der Waals surface area contributed by atoms with Crippen LogP contribution in [0.25, 0.3) is 0 Å². The fourth-order valence-electron chi connectivity index (χ4n) is 4.44. The van der Waals surface area contributed by atoms with E-state index in [0.717, 1.165) is 58.5 Å². The van der Waals surface area contributed by atoms with Gasteiger partial charge in [0.05, 0.1) is 23.7 Å². The zero-order chi connectivity index (χ0) is 24.9. The molecule has 0 fully saturated rings. The molecule has 2 aromatic carbocycles. The van der Waals surface area contributed by atoms with E-state index in [0.29, 0.717) is 23.7 Å². The van der Waals surface area contributed by atoms with Crippen molar-refractivity contribution in [1.29, 1.82) is 0 Å². The van der Waals surface area contributed by atoms with E-state index in [1.807, 2.05) is 19.1 Å². The number of aliphatic imine (C=N–C) groups is 2. The standard InChI is InChI=1S/C27H32ClN5O2/c1-17-11-14-22-23(24(17)35-4)32-25(26-31-18(2)12-13-19(3)33(22)26)29-15-7-8-16-30-27(34)20-9-5-6-10-21(20)28/h5-6,9-11,13-14,18H,7-8,12,15-16H2,1-4H3,(H,29,32)(H,30,34)/p+1. The molecular weight excluding hydrogens is 462 g/mol. The number of benzene rings is 2. The fourth-order valence-corrected chi connectivity index (χ4v) is 4.66. The Labute approximate surface area is 211 Å². The van der Waals surface area contributed by atoms with Crippen LogP contribution in [0.3, 0.4) is 0 Å². The molecule has 2 aliphatic rings. The fraction of sp³-hybridized carbons (Fsp3) is 0.370. The number of anilines is 1. The van der Waals surface area contributed by atoms with Crippen LogP contribution in [0.5, 0.6) is 5.75 Å². The molecule has 1 amide bonds. The molecule has 0 radical (unpaired) electrons. The van der Waals surface area contributed by atoms with Crippen molar-refractivity contribution in [2.45, 2.75) is 46.1 Å². The van der Waals surface area contributed by atoms with Gasteiger partial charge in [-0.2, -0.15) is 0 Å². The van der Waals surface area contributed by atoms with E-state index >= 15 is 0 Å². The van der Waals surface area contributed by atoms with Crippen molar-refractivity contribution in [1.82, 2.24) is 5.32 Å². The van der Waals surface area contributed by atoms with Crippen LogP contribution in [0, 0.1) is 6.92 Å². The number of hydrogen-bond acceptors (Lipinski definition) is 4. The number of methoxy groups -OCH3 is 1. The van der Waals surface area contributed by atoms with Gasteiger partial charge in [0.2, 0.25) is 5.84 Å². The lowest BCUT2D eigenvalue weighted by atomic mass is 10.1. The predicted molar refractivity (Wildman–Crippen MR) is 143 cm³/mol. The van der Waals surface area contributed by atoms with E-state index in [9.17, 15) is 4.79 Å². The molecular formula is C27H33ClN5O2+. The molecule has 4 rings (SSSR count). The third kappa shape index (κ3) is 5.41. The van der Waals surface area contributed by atoms with Crippen LogP contribution in [-0.4, -0.2) is 43.8 Å². The Hall–Kier alpha value is -3.16. The van der Waals surface area contributed by atoms with Crippen LogP contribution in [0.4, 0.5) is 11.4 Å². The number of unbranched alkanes of at least 4 members (excludes halogenated alkanes) is 1. The average Bonchev–Trinajstić information content (AvgIpc) is 2.99. The zero-order valence-electron chi connectivity index (χ0n) is 20.7. The van der Waals surface area contributed by atoms with Crippen molar-refractivity contribution in [2.24, 2.45) is 9.98 Å². The van der Waals surface area contributed by atoms with Gasteiger partial charge in [-0.3, -0.25) is 9.79 Å². The molecule has 7 nitrogen and oxygen atoms in total. The normalized spacial score (nSPS) is 20.1. The highest BCUT2D eigenvalue weighted by Gasteiger charge is 2.38. The Balaban J connectivity index is 1.47. The second-order valence-electron chi connectivity index (χ2n) is 8.96. The van der Waals surface area contributed by atoms with Crippen LogP contribution in [0.2, 0.25) is 5.02 Å². The molecule has 2 atom stereocenters. The van der Waals surface area contributed by atoms with Gasteiger partial charge >= 0.3 is 0 Å². The summed E-state index contributed by atoms with van der Waals surface area (Å²) < 4.78 is 5.74. The first kappa shape index (κ1) is 24.9. The van der Waals surface area contributed by atoms with E-state index < -0.39 is 0 Å². The van der Waals surface area contributed by atoms with Crippen molar-refractivity contribution in [3.63, 3.8) is 0 Å². The number of halogens is 1. The monoisotopic (exact) mass is 494 g/mol. The van der Waals surface area contributed by atoms with Gasteiger partial charge in [-0.05, 0) is 62.9 Å². The molecule has 3 N–H and O–H groups in total. The number of ether oxygens (including phenoxy) is 1. The van der Waals surface area contributed by atoms with E-state index in [4.69, 9.17) is 26.3 Å². The number of aryl methyl sites for hydroxylation is 1. The highest BCUT2D eigenvalue weighted by Crippen LogP contribution is 2.36. The first-order valence-electron chi connectivity index (χ1n) is 12.1. The largest absolute Gasteiger partial charge is 0.494 e. The number of allylic oxidation sites excluding steroid dienone is 1. The van der Waals surface area contributed by atoms with E-state index in [-0.39, 0.29) is 11.9 Å². The van der Waals surface area contributed by atoms with E-state index in [2.05, 4.69) is 42.7 Å². The number of fused-ring (bicyclic) bond motifs is 3. The maximum Gasteiger partial charge on any atom is 0.275 e. The van der Waals surface area contributed by atoms with Gasteiger partial charge in [0.1, 0.15) is 11.4 Å². The van der Waals surface area contributed by atoms with Crippen LogP contribution < -0.4 is 20.3 Å². The molecule has 8 heteroatoms. The molecule has 2 aliphatic heterocycles. The number of quaternary nitrogens is 1. The van der Waals surface area contributed by atoms with Gasteiger partial charge in [0, 0.05) is 26.1 Å². The van der Waals surface area contributed by atoms with Gasteiger partial charge in [-0.1, -0.05) is 23.7 Å². The van der Waals surface area contributed by atoms with Crippen LogP contribution in [0.1, 0.15) is 49.0 Å². The third-order valence-electron chi connectivity index (χ3n) is 6.30. The summed E-state index contributed by atoms with van der Waals surface area (Å²) in [6.45, 7) is 7.50. The SMILES string of the molecule is COc1c(C)ccc2c1NC(=NCCCCNC(=O)c1ccccc1Cl)C1=NC(C)CC=C(C)[NH+]12. The number of amides is 1. The Morgan fingerprint density at radius 2 is 2.06 bits per heavy atom. The summed E-state index contributed by atoms with van der Waals surface area (Å²) in [7, 11) is 1.70. The number of nitrogens with zero attached hydrogens (tertiary/aromatic N) is 2. The molecule has 35 heavy (non-hydrogen) atoms. The first-order valence-corrected chi connectivity index (χ1v) is 12.4. The molecule has 2 unspecified atom stereocenters. The number of rotatable bonds is 7. The molecule has 2 heterocycles. The maximum atomic E-state index is 12.3. The van der Waals surface area contributed by atoms with Gasteiger partial charge in [-0.15, -0.1) is 0 Å². The summed E-state index contributed by atoms with van der Waals surface area (Å²) in [4.78, 5) is 23.4. The molecule has 0 aliphatic carbocycles. The van der Waals surface area contributed by atoms with Crippen LogP contribution in [-0.2, 0) is 0 Å². The maximum absolute atomic E-state index is 12.3. The highest BCUT2D eigenvalue weighted by molar-refractivity contribution is 6.43. The smallest absolute Gasteiger partial charge is 0.275 e. The summed E-state index contributed by atoms with van der Waals surface area (Å²) in [6.07, 6.45) is 4.80. The lowest BCUT2D eigenvalue weighted by Gasteiger charge is -2.29. The van der Waals surface area contributed by atoms with Gasteiger partial charge < -0.3 is 15.4 Å². The number of nitrogens with one attached hydrogen (secondary N) is 3. The van der Waals surface area contributed by atoms with Gasteiger partial charge in [-0.25, -0.2) is 9.89 Å². The highest BCUT2D eigenvalue weighted by atomic mass is 35.5. The Kier molecular flexibility index (Phi) is 7.88. The molecule has 0 spiro atoms. The Bertz CT molecular complexity index is 1200. The van der Waals surface area contributed by atoms with Crippen molar-refractivity contribution >= 4 is 40.6 Å². The molecule has 0 saturated heterocycles. The van der Waals surface area contributed by atoms with Crippen molar-refractivity contribution in [3.05, 3.63) is 64.3 Å². The molecule has 184 valence electrons. The first-order chi connectivity index (χ1) is 16.9. The predicted octanol–water partition coefficient (Wildman–Crippen LogP) is 4.30. The van der Waals surface area contributed by atoms with E-state index in [1.54, 1.807) is 19.2 Å². The number of carbonyl (C=O) groups is 1. The average molecular weight is 495 g/mol. The second-order valence-corrected chi connectivity index (χ2v) is 9.37. The van der Waals surface area contributed by atoms with Crippen molar-refractivity contribution in [2.75, 3.05) is 25.5 Å². The third-order valence-corrected chi connectivity index (χ3v) is 6.63. The number of hydrogen-bond donors (Lipinski definition) is 3. The van der Waals surface area contributed by atoms with Gasteiger partial charge in [0.15, 0.2) is 11.4 Å². The summed E-state index contributed by atoms with van der Waals surface area (Å²) >= 11 is 6.11. The second kappa shape index (κ2) is 11.1. The van der Waals surface area contributed by atoms with Crippen LogP contribution >= 0.6 is 11.6 Å².